The van der Waals surface area contributed by atoms with Crippen molar-refractivity contribution in [3.8, 4) is 0 Å². The lowest BCUT2D eigenvalue weighted by Crippen LogP contribution is -1.97. The second-order valence-corrected chi connectivity index (χ2v) is 3.87. The summed E-state index contributed by atoms with van der Waals surface area (Å²) in [6.07, 6.45) is 4.60. The van der Waals surface area contributed by atoms with Crippen LogP contribution in [0.1, 0.15) is 6.42 Å². The molecule has 0 fully saturated rings. The molecule has 50 valence electrons. The van der Waals surface area contributed by atoms with E-state index in [9.17, 15) is 0 Å². The van der Waals surface area contributed by atoms with Crippen molar-refractivity contribution in [2.24, 2.45) is 0 Å². The largest absolute Gasteiger partial charge is 0.0875 e. The Balaban J connectivity index is 2.75. The quantitative estimate of drug-likeness (QED) is 0.557. The molecule has 0 aromatic carbocycles. The van der Waals surface area contributed by atoms with Crippen LogP contribution in [0.5, 0.6) is 0 Å². The smallest absolute Gasteiger partial charge is 0.0548 e. The van der Waals surface area contributed by atoms with Crippen LogP contribution in [0.2, 0.25) is 0 Å². The van der Waals surface area contributed by atoms with Crippen LogP contribution < -0.4 is 0 Å². The zero-order chi connectivity index (χ0) is 6.85. The number of hydrogen-bond acceptors (Lipinski definition) is 0. The molecule has 1 aliphatic carbocycles. The summed E-state index contributed by atoms with van der Waals surface area (Å²) < 4.78 is 0. The van der Waals surface area contributed by atoms with Crippen molar-refractivity contribution >= 4 is 39.1 Å². The third-order valence-corrected chi connectivity index (χ3v) is 2.52. The molecule has 0 nitrogen and oxygen atoms in total. The Morgan fingerprint density at radius 2 is 2.22 bits per heavy atom. The molecule has 1 aliphatic rings. The van der Waals surface area contributed by atoms with Gasteiger partial charge in [-0.05, 0) is 6.08 Å². The van der Waals surface area contributed by atoms with Gasteiger partial charge in [-0.2, -0.15) is 0 Å². The summed E-state index contributed by atoms with van der Waals surface area (Å²) in [7, 11) is 0. The third-order valence-electron chi connectivity index (χ3n) is 1.08. The summed E-state index contributed by atoms with van der Waals surface area (Å²) in [5.74, 6) is 0. The Morgan fingerprint density at radius 3 is 2.67 bits per heavy atom. The molecule has 1 unspecified atom stereocenters. The maximum absolute atomic E-state index is 5.73. The molecule has 0 aliphatic heterocycles. The first-order valence-corrected chi connectivity index (χ1v) is 4.23. The molecule has 3 heteroatoms. The van der Waals surface area contributed by atoms with Crippen LogP contribution in [0.15, 0.2) is 22.2 Å². The Morgan fingerprint density at radius 1 is 1.56 bits per heavy atom. The minimum absolute atomic E-state index is 0.354. The van der Waals surface area contributed by atoms with Crippen LogP contribution in [0.4, 0.5) is 0 Å². The molecule has 1 atom stereocenters. The number of halogens is 3. The molecule has 0 bridgehead atoms. The van der Waals surface area contributed by atoms with Crippen molar-refractivity contribution in [3.63, 3.8) is 0 Å². The van der Waals surface area contributed by atoms with Crippen LogP contribution in [0, 0.1) is 0 Å². The Kier molecular flexibility index (Phi) is 2.62. The topological polar surface area (TPSA) is 0 Å². The van der Waals surface area contributed by atoms with E-state index in [0.29, 0.717) is 9.86 Å². The first kappa shape index (κ1) is 7.64. The van der Waals surface area contributed by atoms with Crippen LogP contribution in [-0.4, -0.2) is 4.83 Å². The van der Waals surface area contributed by atoms with Gasteiger partial charge in [-0.25, -0.2) is 0 Å². The van der Waals surface area contributed by atoms with E-state index in [1.807, 2.05) is 12.2 Å². The van der Waals surface area contributed by atoms with Gasteiger partial charge in [0.25, 0.3) is 0 Å². The van der Waals surface area contributed by atoms with Gasteiger partial charge in [-0.3, -0.25) is 0 Å². The first-order chi connectivity index (χ1) is 4.20. The van der Waals surface area contributed by atoms with Crippen LogP contribution >= 0.6 is 39.1 Å². The maximum Gasteiger partial charge on any atom is 0.0548 e. The minimum atomic E-state index is 0.354. The van der Waals surface area contributed by atoms with Gasteiger partial charge in [-0.15, -0.1) is 0 Å². The van der Waals surface area contributed by atoms with E-state index in [-0.39, 0.29) is 0 Å². The number of hydrogen-bond donors (Lipinski definition) is 0. The molecule has 0 saturated heterocycles. The molecule has 1 rings (SSSR count). The third kappa shape index (κ3) is 1.99. The molecule has 0 amide bonds. The predicted octanol–water partition coefficient (Wildman–Crippen LogP) is 3.40. The van der Waals surface area contributed by atoms with Crippen LogP contribution in [-0.2, 0) is 0 Å². The maximum atomic E-state index is 5.73. The van der Waals surface area contributed by atoms with Gasteiger partial charge in [0.2, 0.25) is 0 Å². The molecular weight excluding hydrogens is 223 g/mol. The van der Waals surface area contributed by atoms with Crippen LogP contribution in [0.3, 0.4) is 0 Å². The minimum Gasteiger partial charge on any atom is -0.0875 e. The Bertz CT molecular complexity index is 172. The Labute approximate surface area is 72.7 Å². The number of allylic oxidation sites excluding steroid dienone is 4. The molecule has 9 heavy (non-hydrogen) atoms. The predicted molar refractivity (Wildman–Crippen MR) is 45.2 cm³/mol. The van der Waals surface area contributed by atoms with Crippen molar-refractivity contribution in [1.82, 2.24) is 0 Å². The standard InChI is InChI=1S/C6H5BrCl2/c7-4-1-2-5(8)6(9)3-4/h1-2,4H,3H2. The molecular formula is C6H5BrCl2. The highest BCUT2D eigenvalue weighted by Gasteiger charge is 2.09. The fourth-order valence-corrected chi connectivity index (χ4v) is 1.66. The van der Waals surface area contributed by atoms with E-state index < -0.39 is 0 Å². The van der Waals surface area contributed by atoms with Gasteiger partial charge < -0.3 is 0 Å². The highest BCUT2D eigenvalue weighted by atomic mass is 79.9. The van der Waals surface area contributed by atoms with Gasteiger partial charge in [0.15, 0.2) is 0 Å². The van der Waals surface area contributed by atoms with Crippen molar-refractivity contribution in [2.45, 2.75) is 11.2 Å². The van der Waals surface area contributed by atoms with Gasteiger partial charge in [0.1, 0.15) is 0 Å². The van der Waals surface area contributed by atoms with Gasteiger partial charge >= 0.3 is 0 Å². The van der Waals surface area contributed by atoms with Gasteiger partial charge in [0, 0.05) is 16.3 Å². The van der Waals surface area contributed by atoms with E-state index in [1.54, 1.807) is 0 Å². The summed E-state index contributed by atoms with van der Waals surface area (Å²) in [6.45, 7) is 0. The molecule has 0 heterocycles. The van der Waals surface area contributed by atoms with E-state index in [4.69, 9.17) is 23.2 Å². The Hall–Kier alpha value is 0.540. The molecule has 0 N–H and O–H groups in total. The van der Waals surface area contributed by atoms with E-state index in [2.05, 4.69) is 15.9 Å². The van der Waals surface area contributed by atoms with E-state index >= 15 is 0 Å². The summed E-state index contributed by atoms with van der Waals surface area (Å²) in [5.41, 5.74) is 0. The van der Waals surface area contributed by atoms with E-state index in [1.165, 1.54) is 0 Å². The zero-order valence-electron chi connectivity index (χ0n) is 4.57. The highest BCUT2D eigenvalue weighted by Crippen LogP contribution is 2.28. The summed E-state index contributed by atoms with van der Waals surface area (Å²) in [6, 6.07) is 0. The zero-order valence-corrected chi connectivity index (χ0v) is 7.67. The van der Waals surface area contributed by atoms with Crippen molar-refractivity contribution in [3.05, 3.63) is 22.2 Å². The summed E-state index contributed by atoms with van der Waals surface area (Å²) >= 11 is 14.8. The second-order valence-electron chi connectivity index (χ2n) is 1.83. The monoisotopic (exact) mass is 226 g/mol. The average Bonchev–Trinajstić information content (AvgIpc) is 1.80. The summed E-state index contributed by atoms with van der Waals surface area (Å²) in [4.78, 5) is 0.354. The fraction of sp³-hybridized carbons (Fsp3) is 0.333. The molecule has 0 spiro atoms. The van der Waals surface area contributed by atoms with Crippen molar-refractivity contribution in [1.29, 1.82) is 0 Å². The van der Waals surface area contributed by atoms with Crippen LogP contribution in [0.25, 0.3) is 0 Å². The molecule has 0 aromatic heterocycles. The lowest BCUT2D eigenvalue weighted by molar-refractivity contribution is 1.05. The summed E-state index contributed by atoms with van der Waals surface area (Å²) in [5, 5.41) is 1.40. The van der Waals surface area contributed by atoms with Crippen molar-refractivity contribution < 1.29 is 0 Å². The first-order valence-electron chi connectivity index (χ1n) is 2.56. The molecule has 0 saturated carbocycles. The lowest BCUT2D eigenvalue weighted by atomic mass is 10.2. The number of rotatable bonds is 0. The second kappa shape index (κ2) is 3.09. The van der Waals surface area contributed by atoms with Gasteiger partial charge in [-0.1, -0.05) is 45.2 Å². The average molecular weight is 228 g/mol. The molecule has 0 radical (unpaired) electrons. The molecule has 0 aromatic rings. The fourth-order valence-electron chi connectivity index (χ4n) is 0.616. The normalized spacial score (nSPS) is 27.2. The SMILES string of the molecule is ClC1=C(Cl)CC(Br)C=C1. The number of alkyl halides is 1. The van der Waals surface area contributed by atoms with Gasteiger partial charge in [0.05, 0.1) is 5.03 Å². The highest BCUT2D eigenvalue weighted by molar-refractivity contribution is 9.09. The van der Waals surface area contributed by atoms with E-state index in [0.717, 1.165) is 11.5 Å². The lowest BCUT2D eigenvalue weighted by Gasteiger charge is -2.08. The van der Waals surface area contributed by atoms with Crippen molar-refractivity contribution in [2.75, 3.05) is 0 Å².